The first-order chi connectivity index (χ1) is 8.39. The Morgan fingerprint density at radius 1 is 1.11 bits per heavy atom. The van der Waals surface area contributed by atoms with E-state index in [0.29, 0.717) is 0 Å². The minimum Gasteiger partial charge on any atom is -0.305 e. The summed E-state index contributed by atoms with van der Waals surface area (Å²) in [4.78, 5) is 4.76. The molecule has 0 heterocycles. The van der Waals surface area contributed by atoms with Crippen LogP contribution in [0.5, 0.6) is 0 Å². The van der Waals surface area contributed by atoms with Crippen molar-refractivity contribution in [1.29, 1.82) is 0 Å². The molecule has 2 nitrogen and oxygen atoms in total. The van der Waals surface area contributed by atoms with Crippen molar-refractivity contribution in [2.24, 2.45) is 0 Å². The Morgan fingerprint density at radius 3 is 2.28 bits per heavy atom. The predicted molar refractivity (Wildman–Crippen MR) is 83.0 cm³/mol. The molecule has 0 aliphatic carbocycles. The molecule has 0 aliphatic heterocycles. The van der Waals surface area contributed by atoms with E-state index >= 15 is 0 Å². The van der Waals surface area contributed by atoms with Crippen LogP contribution in [-0.4, -0.2) is 43.5 Å². The monoisotopic (exact) mass is 312 g/mol. The van der Waals surface area contributed by atoms with Gasteiger partial charge in [-0.05, 0) is 46.1 Å². The fraction of sp³-hybridized carbons (Fsp3) is 0.600. The summed E-state index contributed by atoms with van der Waals surface area (Å²) < 4.78 is 1.19. The lowest BCUT2D eigenvalue weighted by Crippen LogP contribution is -2.42. The standard InChI is InChI=1S/C15H25BrN2/c1-6-17(4)11-12-18(5)15(2,3)13-9-7-8-10-14(13)16/h7-10H,6,11-12H2,1-5H3. The molecule has 0 radical (unpaired) electrons. The molecule has 1 rings (SSSR count). The third-order valence-corrected chi connectivity index (χ3v) is 4.54. The van der Waals surface area contributed by atoms with Crippen LogP contribution in [0.2, 0.25) is 0 Å². The third-order valence-electron chi connectivity index (χ3n) is 3.84. The minimum absolute atomic E-state index is 0.0364. The van der Waals surface area contributed by atoms with Crippen LogP contribution in [-0.2, 0) is 5.54 Å². The highest BCUT2D eigenvalue weighted by atomic mass is 79.9. The van der Waals surface area contributed by atoms with Gasteiger partial charge in [0.25, 0.3) is 0 Å². The predicted octanol–water partition coefficient (Wildman–Crippen LogP) is 3.57. The van der Waals surface area contributed by atoms with Crippen molar-refractivity contribution < 1.29 is 0 Å². The van der Waals surface area contributed by atoms with E-state index in [0.717, 1.165) is 19.6 Å². The lowest BCUT2D eigenvalue weighted by atomic mass is 9.92. The highest BCUT2D eigenvalue weighted by Gasteiger charge is 2.27. The fourth-order valence-electron chi connectivity index (χ4n) is 1.92. The van der Waals surface area contributed by atoms with Crippen LogP contribution in [0.3, 0.4) is 0 Å². The van der Waals surface area contributed by atoms with Crippen LogP contribution in [0.25, 0.3) is 0 Å². The number of rotatable bonds is 6. The van der Waals surface area contributed by atoms with Gasteiger partial charge in [0.2, 0.25) is 0 Å². The van der Waals surface area contributed by atoms with Crippen molar-refractivity contribution in [1.82, 2.24) is 9.80 Å². The normalized spacial score (nSPS) is 12.4. The average Bonchev–Trinajstić information content (AvgIpc) is 2.35. The topological polar surface area (TPSA) is 6.48 Å². The van der Waals surface area contributed by atoms with E-state index in [4.69, 9.17) is 0 Å². The first-order valence-corrected chi connectivity index (χ1v) is 7.33. The van der Waals surface area contributed by atoms with Gasteiger partial charge in [0, 0.05) is 23.1 Å². The highest BCUT2D eigenvalue weighted by Crippen LogP contribution is 2.31. The van der Waals surface area contributed by atoms with Crippen LogP contribution in [0.1, 0.15) is 26.3 Å². The van der Waals surface area contributed by atoms with E-state index in [-0.39, 0.29) is 5.54 Å². The maximum atomic E-state index is 3.66. The van der Waals surface area contributed by atoms with Crippen molar-refractivity contribution >= 4 is 15.9 Å². The Kier molecular flexibility index (Phi) is 5.83. The van der Waals surface area contributed by atoms with Crippen LogP contribution in [0.4, 0.5) is 0 Å². The molecule has 1 aromatic carbocycles. The lowest BCUT2D eigenvalue weighted by molar-refractivity contribution is 0.139. The maximum Gasteiger partial charge on any atom is 0.0413 e. The third kappa shape index (κ3) is 3.81. The summed E-state index contributed by atoms with van der Waals surface area (Å²) in [5.41, 5.74) is 1.38. The number of likely N-dealkylation sites (N-methyl/N-ethyl adjacent to an activating group) is 2. The van der Waals surface area contributed by atoms with Gasteiger partial charge in [0.05, 0.1) is 0 Å². The summed E-state index contributed by atoms with van der Waals surface area (Å²) in [7, 11) is 4.36. The van der Waals surface area contributed by atoms with E-state index in [1.165, 1.54) is 10.0 Å². The number of benzene rings is 1. The molecule has 3 heteroatoms. The molecule has 102 valence electrons. The summed E-state index contributed by atoms with van der Waals surface area (Å²) in [6.07, 6.45) is 0. The number of hydrogen-bond donors (Lipinski definition) is 0. The zero-order chi connectivity index (χ0) is 13.8. The van der Waals surface area contributed by atoms with Gasteiger partial charge in [-0.25, -0.2) is 0 Å². The summed E-state index contributed by atoms with van der Waals surface area (Å²) in [5.74, 6) is 0. The molecule has 1 aromatic rings. The molecule has 0 N–H and O–H groups in total. The Balaban J connectivity index is 2.76. The van der Waals surface area contributed by atoms with E-state index in [2.05, 4.69) is 84.9 Å². The molecule has 0 aromatic heterocycles. The fourth-order valence-corrected chi connectivity index (χ4v) is 2.69. The number of hydrogen-bond acceptors (Lipinski definition) is 2. The lowest BCUT2D eigenvalue weighted by Gasteiger charge is -2.37. The zero-order valence-electron chi connectivity index (χ0n) is 12.2. The summed E-state index contributed by atoms with van der Waals surface area (Å²) >= 11 is 3.66. The van der Waals surface area contributed by atoms with E-state index in [9.17, 15) is 0 Å². The van der Waals surface area contributed by atoms with Crippen LogP contribution in [0, 0.1) is 0 Å². The molecule has 0 spiro atoms. The van der Waals surface area contributed by atoms with Crippen LogP contribution >= 0.6 is 15.9 Å². The zero-order valence-corrected chi connectivity index (χ0v) is 13.8. The number of nitrogens with zero attached hydrogens (tertiary/aromatic N) is 2. The van der Waals surface area contributed by atoms with Gasteiger partial charge < -0.3 is 4.90 Å². The van der Waals surface area contributed by atoms with Crippen LogP contribution in [0.15, 0.2) is 28.7 Å². The number of halogens is 1. The summed E-state index contributed by atoms with van der Waals surface area (Å²) in [5, 5.41) is 0. The summed E-state index contributed by atoms with van der Waals surface area (Å²) in [6, 6.07) is 8.48. The molecular formula is C15H25BrN2. The molecular weight excluding hydrogens is 288 g/mol. The molecule has 0 aliphatic rings. The second kappa shape index (κ2) is 6.69. The van der Waals surface area contributed by atoms with Gasteiger partial charge in [-0.15, -0.1) is 0 Å². The second-order valence-corrected chi connectivity index (χ2v) is 6.21. The van der Waals surface area contributed by atoms with Gasteiger partial charge in [-0.1, -0.05) is 41.1 Å². The van der Waals surface area contributed by atoms with E-state index in [1.807, 2.05) is 0 Å². The van der Waals surface area contributed by atoms with Crippen molar-refractivity contribution in [2.45, 2.75) is 26.3 Å². The first-order valence-electron chi connectivity index (χ1n) is 6.54. The summed E-state index contributed by atoms with van der Waals surface area (Å²) in [6.45, 7) is 10.0. The smallest absolute Gasteiger partial charge is 0.0413 e. The maximum absolute atomic E-state index is 3.66. The molecule has 0 unspecified atom stereocenters. The SMILES string of the molecule is CCN(C)CCN(C)C(C)(C)c1ccccc1Br. The van der Waals surface area contributed by atoms with Gasteiger partial charge in [0.1, 0.15) is 0 Å². The molecule has 0 saturated heterocycles. The van der Waals surface area contributed by atoms with Gasteiger partial charge in [-0.3, -0.25) is 4.90 Å². The average molecular weight is 313 g/mol. The van der Waals surface area contributed by atoms with Crippen LogP contribution < -0.4 is 0 Å². The first kappa shape index (κ1) is 15.7. The quantitative estimate of drug-likeness (QED) is 0.792. The molecule has 0 bridgehead atoms. The van der Waals surface area contributed by atoms with Gasteiger partial charge in [0.15, 0.2) is 0 Å². The second-order valence-electron chi connectivity index (χ2n) is 5.36. The molecule has 0 atom stereocenters. The Morgan fingerprint density at radius 2 is 1.72 bits per heavy atom. The van der Waals surface area contributed by atoms with Crippen molar-refractivity contribution in [3.8, 4) is 0 Å². The highest BCUT2D eigenvalue weighted by molar-refractivity contribution is 9.10. The molecule has 0 fully saturated rings. The van der Waals surface area contributed by atoms with Gasteiger partial charge in [-0.2, -0.15) is 0 Å². The Hall–Kier alpha value is -0.380. The van der Waals surface area contributed by atoms with Crippen molar-refractivity contribution in [2.75, 3.05) is 33.7 Å². The van der Waals surface area contributed by atoms with E-state index < -0.39 is 0 Å². The van der Waals surface area contributed by atoms with Gasteiger partial charge >= 0.3 is 0 Å². The largest absolute Gasteiger partial charge is 0.305 e. The van der Waals surface area contributed by atoms with Crippen molar-refractivity contribution in [3.63, 3.8) is 0 Å². The van der Waals surface area contributed by atoms with Crippen molar-refractivity contribution in [3.05, 3.63) is 34.3 Å². The minimum atomic E-state index is 0.0364. The molecule has 0 saturated carbocycles. The Labute approximate surface area is 120 Å². The molecule has 0 amide bonds. The van der Waals surface area contributed by atoms with E-state index in [1.54, 1.807) is 0 Å². The molecule has 18 heavy (non-hydrogen) atoms. The Bertz CT molecular complexity index is 377.